The van der Waals surface area contributed by atoms with Gasteiger partial charge in [-0.1, -0.05) is 11.6 Å². The van der Waals surface area contributed by atoms with Crippen LogP contribution in [-0.4, -0.2) is 17.1 Å². The molecule has 1 N–H and O–H groups in total. The fourth-order valence-electron chi connectivity index (χ4n) is 2.00. The molecule has 1 unspecified atom stereocenters. The van der Waals surface area contributed by atoms with Crippen molar-refractivity contribution in [2.24, 2.45) is 0 Å². The SMILES string of the molecule is COc1c(Cl)ncnc1NC(C)c1cc(C)oc1C. The number of hydrogen-bond acceptors (Lipinski definition) is 5. The Morgan fingerprint density at radius 2 is 2.11 bits per heavy atom. The molecule has 5 nitrogen and oxygen atoms in total. The molecule has 0 aliphatic carbocycles. The summed E-state index contributed by atoms with van der Waals surface area (Å²) >= 11 is 5.96. The van der Waals surface area contributed by atoms with E-state index < -0.39 is 0 Å². The van der Waals surface area contributed by atoms with Gasteiger partial charge in [0.25, 0.3) is 0 Å². The predicted octanol–water partition coefficient (Wildman–Crippen LogP) is 3.52. The van der Waals surface area contributed by atoms with Crippen LogP contribution in [0.25, 0.3) is 0 Å². The standard InChI is InChI=1S/C13H16ClN3O2/c1-7-5-10(9(3)19-7)8(2)17-13-11(18-4)12(14)15-6-16-13/h5-6,8H,1-4H3,(H,15,16,17). The van der Waals surface area contributed by atoms with E-state index in [1.54, 1.807) is 0 Å². The van der Waals surface area contributed by atoms with Gasteiger partial charge in [0.15, 0.2) is 16.7 Å². The van der Waals surface area contributed by atoms with Gasteiger partial charge in [0.05, 0.1) is 13.2 Å². The maximum absolute atomic E-state index is 5.96. The first-order valence-corrected chi connectivity index (χ1v) is 6.28. The van der Waals surface area contributed by atoms with Gasteiger partial charge in [-0.3, -0.25) is 0 Å². The molecule has 0 aliphatic rings. The van der Waals surface area contributed by atoms with E-state index in [0.717, 1.165) is 17.1 Å². The number of ether oxygens (including phenoxy) is 1. The third-order valence-corrected chi connectivity index (χ3v) is 3.13. The Kier molecular flexibility index (Phi) is 3.95. The number of nitrogens with zero attached hydrogens (tertiary/aromatic N) is 2. The average Bonchev–Trinajstić information content (AvgIpc) is 2.69. The number of aryl methyl sites for hydroxylation is 2. The largest absolute Gasteiger partial charge is 0.490 e. The third-order valence-electron chi connectivity index (χ3n) is 2.86. The minimum absolute atomic E-state index is 0.0253. The van der Waals surface area contributed by atoms with Crippen molar-refractivity contribution < 1.29 is 9.15 Å². The molecule has 0 saturated carbocycles. The third kappa shape index (κ3) is 2.81. The normalized spacial score (nSPS) is 12.3. The summed E-state index contributed by atoms with van der Waals surface area (Å²) in [5, 5.41) is 3.54. The average molecular weight is 282 g/mol. The van der Waals surface area contributed by atoms with E-state index in [9.17, 15) is 0 Å². The minimum atomic E-state index is 0.0253. The lowest BCUT2D eigenvalue weighted by atomic mass is 10.1. The van der Waals surface area contributed by atoms with Gasteiger partial charge in [-0.2, -0.15) is 0 Å². The molecule has 0 amide bonds. The van der Waals surface area contributed by atoms with Crippen LogP contribution in [-0.2, 0) is 0 Å². The Balaban J connectivity index is 2.26. The van der Waals surface area contributed by atoms with Gasteiger partial charge in [-0.05, 0) is 26.8 Å². The van der Waals surface area contributed by atoms with Crippen molar-refractivity contribution in [1.29, 1.82) is 0 Å². The lowest BCUT2D eigenvalue weighted by Crippen LogP contribution is -2.10. The number of methoxy groups -OCH3 is 1. The molecular formula is C13H16ClN3O2. The summed E-state index contributed by atoms with van der Waals surface area (Å²) in [6.45, 7) is 5.88. The fraction of sp³-hybridized carbons (Fsp3) is 0.385. The second-order valence-electron chi connectivity index (χ2n) is 4.28. The van der Waals surface area contributed by atoms with E-state index >= 15 is 0 Å². The van der Waals surface area contributed by atoms with Crippen LogP contribution in [0.1, 0.15) is 30.0 Å². The zero-order chi connectivity index (χ0) is 14.0. The molecule has 1 atom stereocenters. The van der Waals surface area contributed by atoms with Crippen molar-refractivity contribution in [3.8, 4) is 5.75 Å². The highest BCUT2D eigenvalue weighted by molar-refractivity contribution is 6.31. The Labute approximate surface area is 117 Å². The second-order valence-corrected chi connectivity index (χ2v) is 4.64. The molecule has 102 valence electrons. The summed E-state index contributed by atoms with van der Waals surface area (Å²) in [6.07, 6.45) is 1.40. The van der Waals surface area contributed by atoms with E-state index in [0.29, 0.717) is 11.6 Å². The highest BCUT2D eigenvalue weighted by atomic mass is 35.5. The molecule has 0 aliphatic heterocycles. The van der Waals surface area contributed by atoms with Crippen LogP contribution in [0.15, 0.2) is 16.8 Å². The number of nitrogens with one attached hydrogen (secondary N) is 1. The van der Waals surface area contributed by atoms with Crippen molar-refractivity contribution >= 4 is 17.4 Å². The summed E-state index contributed by atoms with van der Waals surface area (Å²) in [7, 11) is 1.54. The van der Waals surface area contributed by atoms with Crippen molar-refractivity contribution in [2.75, 3.05) is 12.4 Å². The van der Waals surface area contributed by atoms with Crippen LogP contribution in [0.3, 0.4) is 0 Å². The van der Waals surface area contributed by atoms with Crippen molar-refractivity contribution in [2.45, 2.75) is 26.8 Å². The Bertz CT molecular complexity index is 583. The van der Waals surface area contributed by atoms with Gasteiger partial charge < -0.3 is 14.5 Å². The molecule has 0 saturated heterocycles. The molecule has 0 radical (unpaired) electrons. The molecule has 0 aromatic carbocycles. The highest BCUT2D eigenvalue weighted by Gasteiger charge is 2.16. The summed E-state index contributed by atoms with van der Waals surface area (Å²) in [4.78, 5) is 8.03. The van der Waals surface area contributed by atoms with Crippen LogP contribution in [0, 0.1) is 13.8 Å². The van der Waals surface area contributed by atoms with Gasteiger partial charge in [0, 0.05) is 5.56 Å². The summed E-state index contributed by atoms with van der Waals surface area (Å²) < 4.78 is 10.7. The van der Waals surface area contributed by atoms with Crippen molar-refractivity contribution in [1.82, 2.24) is 9.97 Å². The Morgan fingerprint density at radius 3 is 2.68 bits per heavy atom. The van der Waals surface area contributed by atoms with E-state index in [-0.39, 0.29) is 11.2 Å². The van der Waals surface area contributed by atoms with E-state index in [1.807, 2.05) is 26.8 Å². The summed E-state index contributed by atoms with van der Waals surface area (Å²) in [5.74, 6) is 2.77. The van der Waals surface area contributed by atoms with Crippen LogP contribution < -0.4 is 10.1 Å². The molecule has 0 spiro atoms. The van der Waals surface area contributed by atoms with Crippen LogP contribution >= 0.6 is 11.6 Å². The van der Waals surface area contributed by atoms with Gasteiger partial charge in [-0.25, -0.2) is 9.97 Å². The zero-order valence-corrected chi connectivity index (χ0v) is 12.1. The number of halogens is 1. The molecule has 2 rings (SSSR count). The van der Waals surface area contributed by atoms with Gasteiger partial charge in [0.1, 0.15) is 17.8 Å². The number of rotatable bonds is 4. The van der Waals surface area contributed by atoms with E-state index in [4.69, 9.17) is 20.8 Å². The molecule has 19 heavy (non-hydrogen) atoms. The number of aromatic nitrogens is 2. The zero-order valence-electron chi connectivity index (χ0n) is 11.3. The summed E-state index contributed by atoms with van der Waals surface area (Å²) in [5.41, 5.74) is 1.08. The number of anilines is 1. The molecule has 0 fully saturated rings. The van der Waals surface area contributed by atoms with Crippen LogP contribution in [0.4, 0.5) is 5.82 Å². The van der Waals surface area contributed by atoms with E-state index in [2.05, 4.69) is 15.3 Å². The Morgan fingerprint density at radius 1 is 1.37 bits per heavy atom. The predicted molar refractivity (Wildman–Crippen MR) is 73.8 cm³/mol. The number of furan rings is 1. The first kappa shape index (κ1) is 13.7. The topological polar surface area (TPSA) is 60.2 Å². The molecule has 2 aromatic heterocycles. The smallest absolute Gasteiger partial charge is 0.198 e. The monoisotopic (exact) mass is 281 g/mol. The maximum Gasteiger partial charge on any atom is 0.198 e. The van der Waals surface area contributed by atoms with Crippen LogP contribution in [0.5, 0.6) is 5.75 Å². The molecule has 6 heteroatoms. The van der Waals surface area contributed by atoms with E-state index in [1.165, 1.54) is 13.4 Å². The lowest BCUT2D eigenvalue weighted by Gasteiger charge is -2.16. The molecule has 2 aromatic rings. The lowest BCUT2D eigenvalue weighted by molar-refractivity contribution is 0.412. The van der Waals surface area contributed by atoms with Crippen molar-refractivity contribution in [3.63, 3.8) is 0 Å². The van der Waals surface area contributed by atoms with Gasteiger partial charge in [0.2, 0.25) is 0 Å². The van der Waals surface area contributed by atoms with Gasteiger partial charge in [-0.15, -0.1) is 0 Å². The first-order valence-electron chi connectivity index (χ1n) is 5.91. The Hall–Kier alpha value is -1.75. The summed E-state index contributed by atoms with van der Waals surface area (Å²) in [6, 6.07) is 2.03. The molecule has 2 heterocycles. The maximum atomic E-state index is 5.96. The first-order chi connectivity index (χ1) is 9.02. The van der Waals surface area contributed by atoms with Crippen LogP contribution in [0.2, 0.25) is 5.15 Å². The van der Waals surface area contributed by atoms with Gasteiger partial charge >= 0.3 is 0 Å². The molecule has 0 bridgehead atoms. The second kappa shape index (κ2) is 5.48. The fourth-order valence-corrected chi connectivity index (χ4v) is 2.21. The van der Waals surface area contributed by atoms with Crippen molar-refractivity contribution in [3.05, 3.63) is 34.6 Å². The minimum Gasteiger partial charge on any atom is -0.490 e. The highest BCUT2D eigenvalue weighted by Crippen LogP contribution is 2.32. The number of hydrogen-bond donors (Lipinski definition) is 1. The molecular weight excluding hydrogens is 266 g/mol. The quantitative estimate of drug-likeness (QED) is 0.869.